The number of ketones is 1. The summed E-state index contributed by atoms with van der Waals surface area (Å²) in [6.45, 7) is 4.09. The quantitative estimate of drug-likeness (QED) is 0.357. The van der Waals surface area contributed by atoms with Crippen molar-refractivity contribution in [2.24, 2.45) is 10.4 Å². The summed E-state index contributed by atoms with van der Waals surface area (Å²) in [5, 5.41) is 2.22. The molecule has 1 heterocycles. The lowest BCUT2D eigenvalue weighted by Gasteiger charge is -2.37. The third-order valence-electron chi connectivity index (χ3n) is 3.60. The molecule has 0 spiro atoms. The van der Waals surface area contributed by atoms with Gasteiger partial charge >= 0.3 is 11.9 Å². The van der Waals surface area contributed by atoms with Crippen LogP contribution in [0.3, 0.4) is 0 Å². The predicted octanol–water partition coefficient (Wildman–Crippen LogP) is -0.187. The molecule has 1 aliphatic heterocycles. The number of nitrogens with one attached hydrogen (secondary N) is 1. The van der Waals surface area contributed by atoms with Crippen LogP contribution in [0.1, 0.15) is 20.8 Å². The Morgan fingerprint density at radius 2 is 1.78 bits per heavy atom. The molecule has 1 atom stereocenters. The molecule has 0 aromatic heterocycles. The number of aliphatic imine (C=N–C) groups is 1. The highest BCUT2D eigenvalue weighted by atomic mass is 16.6. The van der Waals surface area contributed by atoms with Gasteiger partial charge in [0, 0.05) is 6.21 Å². The van der Waals surface area contributed by atoms with Gasteiger partial charge in [-0.15, -0.1) is 0 Å². The van der Waals surface area contributed by atoms with Gasteiger partial charge in [-0.2, -0.15) is 0 Å². The molecule has 1 N–H and O–H groups in total. The van der Waals surface area contributed by atoms with Gasteiger partial charge in [-0.3, -0.25) is 24.2 Å². The van der Waals surface area contributed by atoms with Crippen LogP contribution in [0, 0.1) is 5.41 Å². The number of esters is 2. The van der Waals surface area contributed by atoms with Gasteiger partial charge < -0.3 is 14.8 Å². The van der Waals surface area contributed by atoms with Crippen LogP contribution < -0.4 is 5.32 Å². The SMILES string of the molecule is CCOC(=O)C(C)(C(=O)OCC)C1(C(=O)CNC=O)C=CC=N1. The number of amides is 1. The first-order chi connectivity index (χ1) is 10.9. The van der Waals surface area contributed by atoms with Crippen molar-refractivity contribution in [1.29, 1.82) is 0 Å². The number of allylic oxidation sites excluding steroid dienone is 1. The van der Waals surface area contributed by atoms with Crippen molar-refractivity contribution in [2.45, 2.75) is 26.3 Å². The molecule has 0 aliphatic carbocycles. The number of ether oxygens (including phenoxy) is 2. The zero-order chi connectivity index (χ0) is 17.5. The van der Waals surface area contributed by atoms with Gasteiger partial charge in [-0.1, -0.05) is 0 Å². The van der Waals surface area contributed by atoms with Crippen LogP contribution in [0.5, 0.6) is 0 Å². The molecular formula is C15H20N2O6. The van der Waals surface area contributed by atoms with Gasteiger partial charge in [0.25, 0.3) is 0 Å². The van der Waals surface area contributed by atoms with E-state index in [1.807, 2.05) is 0 Å². The standard InChI is InChI=1S/C15H20N2O6/c1-4-22-12(20)14(3,13(21)23-5-2)15(7-6-8-17-15)11(19)9-16-10-18/h6-8,10H,4-5,9H2,1-3H3,(H,16,18). The van der Waals surface area contributed by atoms with Gasteiger partial charge in [-0.05, 0) is 32.9 Å². The van der Waals surface area contributed by atoms with Gasteiger partial charge in [0.05, 0.1) is 19.8 Å². The van der Waals surface area contributed by atoms with Crippen molar-refractivity contribution in [3.63, 3.8) is 0 Å². The molecule has 0 aromatic rings. The lowest BCUT2D eigenvalue weighted by Crippen LogP contribution is -2.60. The molecule has 0 saturated carbocycles. The Kier molecular flexibility index (Phi) is 6.18. The summed E-state index contributed by atoms with van der Waals surface area (Å²) in [5.74, 6) is -2.46. The van der Waals surface area contributed by atoms with Crippen LogP contribution in [0.15, 0.2) is 17.1 Å². The van der Waals surface area contributed by atoms with E-state index in [0.717, 1.165) is 0 Å². The summed E-state index contributed by atoms with van der Waals surface area (Å²) in [5.41, 5.74) is -3.81. The minimum absolute atomic E-state index is 0.0259. The highest BCUT2D eigenvalue weighted by molar-refractivity contribution is 6.12. The monoisotopic (exact) mass is 324 g/mol. The van der Waals surface area contributed by atoms with Crippen LogP contribution in [-0.2, 0) is 28.7 Å². The fraction of sp³-hybridized carbons (Fsp3) is 0.533. The second kappa shape index (κ2) is 7.66. The number of rotatable bonds is 9. The normalized spacial score (nSPS) is 19.3. The molecule has 23 heavy (non-hydrogen) atoms. The Labute approximate surface area is 133 Å². The Balaban J connectivity index is 3.40. The number of carbonyl (C=O) groups excluding carboxylic acids is 4. The molecule has 8 nitrogen and oxygen atoms in total. The molecular weight excluding hydrogens is 304 g/mol. The summed E-state index contributed by atoms with van der Waals surface area (Å²) in [7, 11) is 0. The van der Waals surface area contributed by atoms with Crippen molar-refractivity contribution in [3.8, 4) is 0 Å². The molecule has 1 unspecified atom stereocenters. The van der Waals surface area contributed by atoms with E-state index in [9.17, 15) is 19.2 Å². The van der Waals surface area contributed by atoms with Crippen molar-refractivity contribution < 1.29 is 28.7 Å². The Morgan fingerprint density at radius 1 is 1.22 bits per heavy atom. The van der Waals surface area contributed by atoms with Crippen molar-refractivity contribution >= 4 is 30.3 Å². The molecule has 0 fully saturated rings. The molecule has 1 amide bonds. The lowest BCUT2D eigenvalue weighted by atomic mass is 9.68. The molecule has 0 bridgehead atoms. The van der Waals surface area contributed by atoms with Crippen LogP contribution in [0.25, 0.3) is 0 Å². The molecule has 126 valence electrons. The minimum atomic E-state index is -2.00. The first-order valence-electron chi connectivity index (χ1n) is 7.18. The molecule has 8 heteroatoms. The van der Waals surface area contributed by atoms with E-state index in [2.05, 4.69) is 10.3 Å². The highest BCUT2D eigenvalue weighted by Gasteiger charge is 2.64. The maximum atomic E-state index is 12.6. The number of Topliss-reactive ketones (excluding diaryl/α,β-unsaturated/α-hetero) is 1. The van der Waals surface area contributed by atoms with Crippen LogP contribution in [-0.4, -0.2) is 55.6 Å². The topological polar surface area (TPSA) is 111 Å². The number of hydrogen-bond acceptors (Lipinski definition) is 7. The second-order valence-electron chi connectivity index (χ2n) is 4.89. The van der Waals surface area contributed by atoms with Gasteiger partial charge in [0.15, 0.2) is 16.7 Å². The maximum absolute atomic E-state index is 12.6. The molecule has 0 saturated heterocycles. The largest absolute Gasteiger partial charge is 0.465 e. The fourth-order valence-corrected chi connectivity index (χ4v) is 2.34. The fourth-order valence-electron chi connectivity index (χ4n) is 2.34. The van der Waals surface area contributed by atoms with E-state index in [1.165, 1.54) is 25.3 Å². The zero-order valence-electron chi connectivity index (χ0n) is 13.3. The summed E-state index contributed by atoms with van der Waals surface area (Å²) < 4.78 is 9.95. The number of nitrogens with zero attached hydrogens (tertiary/aromatic N) is 1. The van der Waals surface area contributed by atoms with E-state index in [4.69, 9.17) is 9.47 Å². The average Bonchev–Trinajstić information content (AvgIpc) is 3.03. The summed E-state index contributed by atoms with van der Waals surface area (Å²) in [6.07, 6.45) is 4.46. The summed E-state index contributed by atoms with van der Waals surface area (Å²) in [6, 6.07) is 0. The van der Waals surface area contributed by atoms with Crippen molar-refractivity contribution in [2.75, 3.05) is 19.8 Å². The predicted molar refractivity (Wildman–Crippen MR) is 80.8 cm³/mol. The Bertz CT molecular complexity index is 522. The maximum Gasteiger partial charge on any atom is 0.326 e. The van der Waals surface area contributed by atoms with E-state index in [-0.39, 0.29) is 19.8 Å². The highest BCUT2D eigenvalue weighted by Crippen LogP contribution is 2.41. The van der Waals surface area contributed by atoms with E-state index < -0.39 is 28.7 Å². The molecule has 1 aliphatic rings. The minimum Gasteiger partial charge on any atom is -0.465 e. The first kappa shape index (κ1) is 18.5. The van der Waals surface area contributed by atoms with E-state index >= 15 is 0 Å². The Hall–Kier alpha value is -2.51. The Morgan fingerprint density at radius 3 is 2.17 bits per heavy atom. The van der Waals surface area contributed by atoms with Crippen LogP contribution >= 0.6 is 0 Å². The van der Waals surface area contributed by atoms with Gasteiger partial charge in [0.2, 0.25) is 6.41 Å². The summed E-state index contributed by atoms with van der Waals surface area (Å²) >= 11 is 0. The number of carbonyl (C=O) groups is 4. The number of hydrogen-bond donors (Lipinski definition) is 1. The van der Waals surface area contributed by atoms with Crippen molar-refractivity contribution in [1.82, 2.24) is 5.32 Å². The third-order valence-corrected chi connectivity index (χ3v) is 3.60. The second-order valence-corrected chi connectivity index (χ2v) is 4.89. The van der Waals surface area contributed by atoms with Crippen molar-refractivity contribution in [3.05, 3.63) is 12.2 Å². The van der Waals surface area contributed by atoms with E-state index in [0.29, 0.717) is 6.41 Å². The van der Waals surface area contributed by atoms with Gasteiger partial charge in [-0.25, -0.2) is 0 Å². The molecule has 0 radical (unpaired) electrons. The van der Waals surface area contributed by atoms with Crippen LogP contribution in [0.4, 0.5) is 0 Å². The molecule has 0 aromatic carbocycles. The molecule has 1 rings (SSSR count). The zero-order valence-corrected chi connectivity index (χ0v) is 13.3. The third kappa shape index (κ3) is 3.15. The lowest BCUT2D eigenvalue weighted by molar-refractivity contribution is -0.176. The first-order valence-corrected chi connectivity index (χ1v) is 7.18. The van der Waals surface area contributed by atoms with Crippen LogP contribution in [0.2, 0.25) is 0 Å². The smallest absolute Gasteiger partial charge is 0.326 e. The van der Waals surface area contributed by atoms with Gasteiger partial charge in [0.1, 0.15) is 0 Å². The summed E-state index contributed by atoms with van der Waals surface area (Å²) in [4.78, 5) is 52.0. The van der Waals surface area contributed by atoms with E-state index in [1.54, 1.807) is 13.8 Å². The average molecular weight is 324 g/mol.